The monoisotopic (exact) mass is 283 g/mol. The maximum absolute atomic E-state index is 12.2. The van der Waals surface area contributed by atoms with Crippen LogP contribution >= 0.6 is 11.6 Å². The molecular weight excluding hydrogens is 266 g/mol. The average molecular weight is 284 g/mol. The molecule has 19 heavy (non-hydrogen) atoms. The van der Waals surface area contributed by atoms with E-state index in [0.29, 0.717) is 16.3 Å². The summed E-state index contributed by atoms with van der Waals surface area (Å²) in [5, 5.41) is 12.9. The zero-order valence-electron chi connectivity index (χ0n) is 10.5. The Bertz CT molecular complexity index is 459. The van der Waals surface area contributed by atoms with E-state index in [1.807, 2.05) is 0 Å². The molecule has 6 heteroatoms. The van der Waals surface area contributed by atoms with Gasteiger partial charge in [-0.2, -0.15) is 0 Å². The number of hydrogen-bond donors (Lipinski definition) is 4. The highest BCUT2D eigenvalue weighted by molar-refractivity contribution is 6.31. The van der Waals surface area contributed by atoms with Crippen molar-refractivity contribution in [3.8, 4) is 0 Å². The fraction of sp³-hybridized carbons (Fsp3) is 0.462. The molecule has 0 bridgehead atoms. The molecule has 1 aromatic rings. The van der Waals surface area contributed by atoms with E-state index in [1.54, 1.807) is 18.2 Å². The van der Waals surface area contributed by atoms with Crippen molar-refractivity contribution in [2.75, 3.05) is 5.43 Å². The third kappa shape index (κ3) is 3.59. The minimum Gasteiger partial charge on any atom is -0.393 e. The fourth-order valence-corrected chi connectivity index (χ4v) is 2.49. The third-order valence-corrected chi connectivity index (χ3v) is 3.65. The quantitative estimate of drug-likeness (QED) is 0.502. The lowest BCUT2D eigenvalue weighted by molar-refractivity contribution is 0.0868. The van der Waals surface area contributed by atoms with E-state index in [-0.39, 0.29) is 18.1 Å². The lowest BCUT2D eigenvalue weighted by Crippen LogP contribution is -2.38. The van der Waals surface area contributed by atoms with Crippen molar-refractivity contribution < 1.29 is 9.90 Å². The van der Waals surface area contributed by atoms with Crippen LogP contribution in [0.1, 0.15) is 36.0 Å². The number of benzene rings is 1. The SMILES string of the molecule is NNc1ccc(Cl)cc1C(=O)NC1CCC(O)CC1. The molecule has 0 heterocycles. The number of nitrogens with two attached hydrogens (primary N) is 1. The number of aliphatic hydroxyl groups excluding tert-OH is 1. The topological polar surface area (TPSA) is 87.4 Å². The van der Waals surface area contributed by atoms with Gasteiger partial charge < -0.3 is 15.8 Å². The Morgan fingerprint density at radius 3 is 2.63 bits per heavy atom. The Hall–Kier alpha value is -1.30. The van der Waals surface area contributed by atoms with Gasteiger partial charge in [0.2, 0.25) is 0 Å². The summed E-state index contributed by atoms with van der Waals surface area (Å²) in [6.07, 6.45) is 2.79. The van der Waals surface area contributed by atoms with Crippen LogP contribution in [-0.4, -0.2) is 23.2 Å². The van der Waals surface area contributed by atoms with Crippen LogP contribution in [0.25, 0.3) is 0 Å². The van der Waals surface area contributed by atoms with Crippen molar-refractivity contribution in [1.82, 2.24) is 5.32 Å². The Kier molecular flexibility index (Phi) is 4.63. The minimum absolute atomic E-state index is 0.0977. The van der Waals surface area contributed by atoms with Gasteiger partial charge in [-0.1, -0.05) is 11.6 Å². The van der Waals surface area contributed by atoms with Gasteiger partial charge in [0.25, 0.3) is 5.91 Å². The van der Waals surface area contributed by atoms with Crippen molar-refractivity contribution in [3.63, 3.8) is 0 Å². The molecule has 0 aromatic heterocycles. The molecule has 2 rings (SSSR count). The number of halogens is 1. The smallest absolute Gasteiger partial charge is 0.253 e. The number of rotatable bonds is 3. The summed E-state index contributed by atoms with van der Waals surface area (Å²) < 4.78 is 0. The zero-order chi connectivity index (χ0) is 13.8. The molecule has 1 fully saturated rings. The summed E-state index contributed by atoms with van der Waals surface area (Å²) in [7, 11) is 0. The first-order valence-corrected chi connectivity index (χ1v) is 6.73. The van der Waals surface area contributed by atoms with Crippen molar-refractivity contribution in [1.29, 1.82) is 0 Å². The van der Waals surface area contributed by atoms with Crippen LogP contribution in [-0.2, 0) is 0 Å². The van der Waals surface area contributed by atoms with Gasteiger partial charge in [0.15, 0.2) is 0 Å². The third-order valence-electron chi connectivity index (χ3n) is 3.41. The highest BCUT2D eigenvalue weighted by atomic mass is 35.5. The van der Waals surface area contributed by atoms with E-state index < -0.39 is 0 Å². The van der Waals surface area contributed by atoms with E-state index >= 15 is 0 Å². The highest BCUT2D eigenvalue weighted by Crippen LogP contribution is 2.22. The predicted octanol–water partition coefficient (Wildman–Crippen LogP) is 1.66. The Morgan fingerprint density at radius 2 is 2.00 bits per heavy atom. The molecule has 1 aromatic carbocycles. The maximum Gasteiger partial charge on any atom is 0.253 e. The standard InChI is InChI=1S/C13H18ClN3O2/c14-8-1-6-12(17-15)11(7-8)13(19)16-9-2-4-10(18)5-3-9/h1,6-7,9-10,17-18H,2-5,15H2,(H,16,19). The number of carbonyl (C=O) groups is 1. The molecule has 104 valence electrons. The van der Waals surface area contributed by atoms with Crippen molar-refractivity contribution >= 4 is 23.2 Å². The second-order valence-electron chi connectivity index (χ2n) is 4.81. The second kappa shape index (κ2) is 6.23. The molecular formula is C13H18ClN3O2. The molecule has 1 aliphatic carbocycles. The van der Waals surface area contributed by atoms with Crippen LogP contribution in [0, 0.1) is 0 Å². The number of aliphatic hydroxyl groups is 1. The predicted molar refractivity (Wildman–Crippen MR) is 75.0 cm³/mol. The molecule has 0 unspecified atom stereocenters. The first-order chi connectivity index (χ1) is 9.10. The molecule has 1 amide bonds. The van der Waals surface area contributed by atoms with E-state index in [0.717, 1.165) is 25.7 Å². The molecule has 0 radical (unpaired) electrons. The van der Waals surface area contributed by atoms with E-state index in [4.69, 9.17) is 17.4 Å². The largest absolute Gasteiger partial charge is 0.393 e. The summed E-state index contributed by atoms with van der Waals surface area (Å²) in [6.45, 7) is 0. The van der Waals surface area contributed by atoms with Crippen LogP contribution in [0.4, 0.5) is 5.69 Å². The van der Waals surface area contributed by atoms with Gasteiger partial charge in [0.1, 0.15) is 0 Å². The van der Waals surface area contributed by atoms with Crippen LogP contribution in [0.15, 0.2) is 18.2 Å². The molecule has 5 nitrogen and oxygen atoms in total. The lowest BCUT2D eigenvalue weighted by Gasteiger charge is -2.26. The number of carbonyl (C=O) groups excluding carboxylic acids is 1. The summed E-state index contributed by atoms with van der Waals surface area (Å²) in [4.78, 5) is 12.2. The Balaban J connectivity index is 2.05. The zero-order valence-corrected chi connectivity index (χ0v) is 11.3. The van der Waals surface area contributed by atoms with Crippen LogP contribution < -0.4 is 16.6 Å². The molecule has 1 saturated carbocycles. The normalized spacial score (nSPS) is 22.9. The number of nitrogens with one attached hydrogen (secondary N) is 2. The van der Waals surface area contributed by atoms with Gasteiger partial charge in [-0.3, -0.25) is 10.6 Å². The van der Waals surface area contributed by atoms with Gasteiger partial charge >= 0.3 is 0 Å². The first kappa shape index (κ1) is 14.1. The molecule has 1 aliphatic rings. The Morgan fingerprint density at radius 1 is 1.32 bits per heavy atom. The Labute approximate surface area is 117 Å². The summed E-state index contributed by atoms with van der Waals surface area (Å²) in [6, 6.07) is 5.02. The van der Waals surface area contributed by atoms with Crippen molar-refractivity contribution in [2.45, 2.75) is 37.8 Å². The fourth-order valence-electron chi connectivity index (χ4n) is 2.31. The number of anilines is 1. The van der Waals surface area contributed by atoms with Crippen LogP contribution in [0.2, 0.25) is 5.02 Å². The number of amides is 1. The maximum atomic E-state index is 12.2. The number of nitrogen functional groups attached to an aromatic ring is 1. The first-order valence-electron chi connectivity index (χ1n) is 6.35. The molecule has 0 spiro atoms. The van der Waals surface area contributed by atoms with Crippen LogP contribution in [0.5, 0.6) is 0 Å². The summed E-state index contributed by atoms with van der Waals surface area (Å²) >= 11 is 5.90. The van der Waals surface area contributed by atoms with E-state index in [9.17, 15) is 9.90 Å². The molecule has 0 atom stereocenters. The molecule has 5 N–H and O–H groups in total. The van der Waals surface area contributed by atoms with Crippen molar-refractivity contribution in [2.24, 2.45) is 5.84 Å². The van der Waals surface area contributed by atoms with Gasteiger partial charge in [0, 0.05) is 11.1 Å². The van der Waals surface area contributed by atoms with Gasteiger partial charge in [-0.05, 0) is 43.9 Å². The van der Waals surface area contributed by atoms with Gasteiger partial charge in [-0.25, -0.2) is 0 Å². The number of hydrazine groups is 1. The molecule has 0 aliphatic heterocycles. The highest BCUT2D eigenvalue weighted by Gasteiger charge is 2.22. The van der Waals surface area contributed by atoms with Gasteiger partial charge in [0.05, 0.1) is 17.4 Å². The van der Waals surface area contributed by atoms with E-state index in [1.165, 1.54) is 0 Å². The van der Waals surface area contributed by atoms with Crippen LogP contribution in [0.3, 0.4) is 0 Å². The lowest BCUT2D eigenvalue weighted by atomic mass is 9.93. The summed E-state index contributed by atoms with van der Waals surface area (Å²) in [5.74, 6) is 5.19. The van der Waals surface area contributed by atoms with Crippen molar-refractivity contribution in [3.05, 3.63) is 28.8 Å². The molecule has 0 saturated heterocycles. The minimum atomic E-state index is -0.236. The average Bonchev–Trinajstić information content (AvgIpc) is 2.41. The summed E-state index contributed by atoms with van der Waals surface area (Å²) in [5.41, 5.74) is 3.46. The number of hydrogen-bond acceptors (Lipinski definition) is 4. The second-order valence-corrected chi connectivity index (χ2v) is 5.25. The van der Waals surface area contributed by atoms with Gasteiger partial charge in [-0.15, -0.1) is 0 Å². The van der Waals surface area contributed by atoms with E-state index in [2.05, 4.69) is 10.7 Å².